The zero-order valence-corrected chi connectivity index (χ0v) is 11.0. The van der Waals surface area contributed by atoms with E-state index in [2.05, 4.69) is 10.2 Å². The summed E-state index contributed by atoms with van der Waals surface area (Å²) in [5.41, 5.74) is 0. The maximum atomic E-state index is 12.7. The lowest BCUT2D eigenvalue weighted by atomic mass is 10.0. The lowest BCUT2D eigenvalue weighted by Crippen LogP contribution is -2.47. The molecule has 2 rings (SSSR count). The summed E-state index contributed by atoms with van der Waals surface area (Å²) in [7, 11) is 2.00. The van der Waals surface area contributed by atoms with Crippen molar-refractivity contribution in [3.05, 3.63) is 12.0 Å². The van der Waals surface area contributed by atoms with Gasteiger partial charge in [-0.2, -0.15) is 13.2 Å². The monoisotopic (exact) mass is 279 g/mol. The minimum atomic E-state index is -4.17. The molecule has 0 aromatic rings. The molecule has 0 unspecified atom stereocenters. The van der Waals surface area contributed by atoms with E-state index in [4.69, 9.17) is 4.74 Å². The minimum Gasteiger partial charge on any atom is -0.475 e. The number of ether oxygens (including phenoxy) is 1. The zero-order chi connectivity index (χ0) is 13.9. The van der Waals surface area contributed by atoms with Crippen LogP contribution in [0.4, 0.5) is 13.2 Å². The lowest BCUT2D eigenvalue weighted by molar-refractivity contribution is -0.152. The second-order valence-corrected chi connectivity index (χ2v) is 5.16. The van der Waals surface area contributed by atoms with Gasteiger partial charge in [-0.15, -0.1) is 0 Å². The van der Waals surface area contributed by atoms with Crippen LogP contribution in [0.5, 0.6) is 0 Å². The van der Waals surface area contributed by atoms with E-state index < -0.39 is 12.7 Å². The molecule has 0 saturated carbocycles. The molecule has 0 spiro atoms. The van der Waals surface area contributed by atoms with Gasteiger partial charge in [-0.25, -0.2) is 0 Å². The van der Waals surface area contributed by atoms with Crippen molar-refractivity contribution in [2.75, 3.05) is 40.0 Å². The largest absolute Gasteiger partial charge is 0.475 e. The maximum absolute atomic E-state index is 12.7. The Bertz CT molecular complexity index is 325. The summed E-state index contributed by atoms with van der Waals surface area (Å²) < 4.78 is 43.3. The second kappa shape index (κ2) is 6.00. The fourth-order valence-electron chi connectivity index (χ4n) is 2.53. The van der Waals surface area contributed by atoms with Gasteiger partial charge in [-0.05, 0) is 33.0 Å². The van der Waals surface area contributed by atoms with Crippen molar-refractivity contribution >= 4 is 0 Å². The van der Waals surface area contributed by atoms with Crippen molar-refractivity contribution in [3.63, 3.8) is 0 Å². The third kappa shape index (κ3) is 4.58. The van der Waals surface area contributed by atoms with Crippen molar-refractivity contribution < 1.29 is 17.9 Å². The third-order valence-corrected chi connectivity index (χ3v) is 3.55. The summed E-state index contributed by atoms with van der Waals surface area (Å²) in [6.07, 6.45) is -0.977. The first-order valence-corrected chi connectivity index (χ1v) is 6.48. The van der Waals surface area contributed by atoms with Crippen molar-refractivity contribution in [2.24, 2.45) is 0 Å². The van der Waals surface area contributed by atoms with E-state index >= 15 is 0 Å². The molecule has 1 saturated heterocycles. The highest BCUT2D eigenvalue weighted by atomic mass is 19.4. The van der Waals surface area contributed by atoms with Crippen LogP contribution in [0.25, 0.3) is 0 Å². The van der Waals surface area contributed by atoms with Gasteiger partial charge in [0.15, 0.2) is 6.73 Å². The Morgan fingerprint density at radius 3 is 2.63 bits per heavy atom. The number of rotatable bonds is 4. The molecule has 7 heteroatoms. The van der Waals surface area contributed by atoms with Gasteiger partial charge in [0.25, 0.3) is 0 Å². The van der Waals surface area contributed by atoms with Gasteiger partial charge >= 0.3 is 6.18 Å². The van der Waals surface area contributed by atoms with Crippen LogP contribution in [0.1, 0.15) is 12.8 Å². The quantitative estimate of drug-likeness (QED) is 0.841. The molecule has 2 heterocycles. The predicted octanol–water partition coefficient (Wildman–Crippen LogP) is 1.36. The van der Waals surface area contributed by atoms with Gasteiger partial charge in [0.1, 0.15) is 5.76 Å². The number of hydrogen-bond acceptors (Lipinski definition) is 4. The predicted molar refractivity (Wildman–Crippen MR) is 65.3 cm³/mol. The van der Waals surface area contributed by atoms with Gasteiger partial charge in [0, 0.05) is 12.2 Å². The van der Waals surface area contributed by atoms with E-state index in [0.717, 1.165) is 25.9 Å². The molecule has 4 nitrogen and oxygen atoms in total. The van der Waals surface area contributed by atoms with Crippen LogP contribution >= 0.6 is 0 Å². The highest BCUT2D eigenvalue weighted by Gasteiger charge is 2.35. The molecule has 1 fully saturated rings. The van der Waals surface area contributed by atoms with Crippen LogP contribution in [0.15, 0.2) is 12.0 Å². The molecular formula is C12H20F3N3O. The Labute approximate surface area is 111 Å². The number of alkyl halides is 3. The van der Waals surface area contributed by atoms with Crippen molar-refractivity contribution in [3.8, 4) is 0 Å². The van der Waals surface area contributed by atoms with Crippen LogP contribution < -0.4 is 5.32 Å². The smallest absolute Gasteiger partial charge is 0.401 e. The SMILES string of the molecule is CN1CCC(N(CC2=CNCO2)CC(F)(F)F)CC1. The number of halogens is 3. The lowest BCUT2D eigenvalue weighted by Gasteiger charge is -2.37. The first kappa shape index (κ1) is 14.5. The Hall–Kier alpha value is -0.950. The van der Waals surface area contributed by atoms with Crippen molar-refractivity contribution in [2.45, 2.75) is 25.1 Å². The highest BCUT2D eigenvalue weighted by Crippen LogP contribution is 2.23. The van der Waals surface area contributed by atoms with E-state index in [9.17, 15) is 13.2 Å². The molecule has 1 N–H and O–H groups in total. The van der Waals surface area contributed by atoms with Crippen LogP contribution in [0.2, 0.25) is 0 Å². The maximum Gasteiger partial charge on any atom is 0.401 e. The molecular weight excluding hydrogens is 259 g/mol. The Morgan fingerprint density at radius 2 is 2.11 bits per heavy atom. The van der Waals surface area contributed by atoms with Crippen molar-refractivity contribution in [1.82, 2.24) is 15.1 Å². The first-order valence-electron chi connectivity index (χ1n) is 6.48. The number of nitrogens with one attached hydrogen (secondary N) is 1. The number of nitrogens with zero attached hydrogens (tertiary/aromatic N) is 2. The summed E-state index contributed by atoms with van der Waals surface area (Å²) in [4.78, 5) is 3.64. The molecule has 0 aliphatic carbocycles. The number of piperidine rings is 1. The van der Waals surface area contributed by atoms with Crippen LogP contribution in [0, 0.1) is 0 Å². The zero-order valence-electron chi connectivity index (χ0n) is 11.0. The highest BCUT2D eigenvalue weighted by molar-refractivity contribution is 4.99. The molecule has 19 heavy (non-hydrogen) atoms. The number of hydrogen-bond donors (Lipinski definition) is 1. The molecule has 0 aromatic heterocycles. The van der Waals surface area contributed by atoms with Gasteiger partial charge in [-0.1, -0.05) is 0 Å². The van der Waals surface area contributed by atoms with Crippen molar-refractivity contribution in [1.29, 1.82) is 0 Å². The van der Waals surface area contributed by atoms with Crippen LogP contribution in [-0.4, -0.2) is 62.0 Å². The van der Waals surface area contributed by atoms with Gasteiger partial charge < -0.3 is 15.0 Å². The standard InChI is InChI=1S/C12H20F3N3O/c1-17-4-2-10(3-5-17)18(8-12(13,14)15)7-11-6-16-9-19-11/h6,10,16H,2-5,7-9H2,1H3. The Kier molecular flexibility index (Phi) is 4.57. The molecule has 0 aromatic carbocycles. The molecule has 110 valence electrons. The third-order valence-electron chi connectivity index (χ3n) is 3.55. The summed E-state index contributed by atoms with van der Waals surface area (Å²) >= 11 is 0. The van der Waals surface area contributed by atoms with E-state index in [1.165, 1.54) is 4.90 Å². The summed E-state index contributed by atoms with van der Waals surface area (Å²) in [6.45, 7) is 1.39. The fourth-order valence-corrected chi connectivity index (χ4v) is 2.53. The van der Waals surface area contributed by atoms with Crippen LogP contribution in [0.3, 0.4) is 0 Å². The molecule has 0 atom stereocenters. The Morgan fingerprint density at radius 1 is 1.42 bits per heavy atom. The van der Waals surface area contributed by atoms with E-state index in [-0.39, 0.29) is 12.6 Å². The normalized spacial score (nSPS) is 22.3. The van der Waals surface area contributed by atoms with E-state index in [1.54, 1.807) is 6.20 Å². The average molecular weight is 279 g/mol. The molecule has 0 amide bonds. The number of likely N-dealkylation sites (tertiary alicyclic amines) is 1. The van der Waals surface area contributed by atoms with Gasteiger partial charge in [0.2, 0.25) is 0 Å². The first-order chi connectivity index (χ1) is 8.94. The Balaban J connectivity index is 1.96. The average Bonchev–Trinajstić information content (AvgIpc) is 2.80. The van der Waals surface area contributed by atoms with Gasteiger partial charge in [0.05, 0.1) is 13.1 Å². The molecule has 0 radical (unpaired) electrons. The van der Waals surface area contributed by atoms with Crippen LogP contribution in [-0.2, 0) is 4.74 Å². The van der Waals surface area contributed by atoms with E-state index in [0.29, 0.717) is 12.5 Å². The molecule has 2 aliphatic rings. The molecule has 0 bridgehead atoms. The topological polar surface area (TPSA) is 27.7 Å². The fraction of sp³-hybridized carbons (Fsp3) is 0.833. The summed E-state index contributed by atoms with van der Waals surface area (Å²) in [6, 6.07) is -0.0251. The summed E-state index contributed by atoms with van der Waals surface area (Å²) in [5.74, 6) is 0.586. The molecule has 2 aliphatic heterocycles. The second-order valence-electron chi connectivity index (χ2n) is 5.16. The van der Waals surface area contributed by atoms with E-state index in [1.807, 2.05) is 7.05 Å². The summed E-state index contributed by atoms with van der Waals surface area (Å²) in [5, 5.41) is 2.85. The minimum absolute atomic E-state index is 0.0251. The van der Waals surface area contributed by atoms with Gasteiger partial charge in [-0.3, -0.25) is 4.90 Å².